The fourth-order valence-corrected chi connectivity index (χ4v) is 2.92. The Balaban J connectivity index is 3.10. The van der Waals surface area contributed by atoms with Gasteiger partial charge in [0.1, 0.15) is 0 Å². The number of benzene rings is 1. The Morgan fingerprint density at radius 1 is 1.08 bits per heavy atom. The largest absolute Gasteiger partial charge is 0.452 e. The molecule has 8 heteroatoms. The van der Waals surface area contributed by atoms with Crippen molar-refractivity contribution in [3.63, 3.8) is 0 Å². The van der Waals surface area contributed by atoms with Crippen LogP contribution in [-0.2, 0) is 33.4 Å². The lowest BCUT2D eigenvalue weighted by Gasteiger charge is -2.25. The molecule has 0 bridgehead atoms. The van der Waals surface area contributed by atoms with Crippen molar-refractivity contribution in [3.8, 4) is 24.7 Å². The van der Waals surface area contributed by atoms with Crippen LogP contribution >= 0.6 is 0 Å². The van der Waals surface area contributed by atoms with Crippen LogP contribution < -0.4 is 0 Å². The molecular weight excluding hydrogens is 348 g/mol. The normalized spacial score (nSPS) is 12.9. The minimum absolute atomic E-state index is 0.192. The van der Waals surface area contributed by atoms with Crippen molar-refractivity contribution < 1.29 is 31.7 Å². The molecule has 25 heavy (non-hydrogen) atoms. The topological polar surface area (TPSA) is 96.0 Å². The lowest BCUT2D eigenvalue weighted by molar-refractivity contribution is -0.165. The first-order valence-electron chi connectivity index (χ1n) is 6.95. The molecule has 1 rings (SSSR count). The number of esters is 2. The van der Waals surface area contributed by atoms with Gasteiger partial charge in [0.05, 0.1) is 11.3 Å². The zero-order valence-electron chi connectivity index (χ0n) is 13.4. The summed E-state index contributed by atoms with van der Waals surface area (Å²) in [6.45, 7) is 0.339. The van der Waals surface area contributed by atoms with E-state index in [1.807, 2.05) is 0 Å². The molecule has 132 valence electrons. The molecule has 0 radical (unpaired) electrons. The number of rotatable bonds is 8. The van der Waals surface area contributed by atoms with Gasteiger partial charge in [-0.3, -0.25) is 4.79 Å². The number of hydrogen-bond donors (Lipinski definition) is 0. The highest BCUT2D eigenvalue weighted by atomic mass is 32.2. The number of carbonyl (C=O) groups is 2. The van der Waals surface area contributed by atoms with Crippen LogP contribution in [0.5, 0.6) is 0 Å². The fraction of sp³-hybridized carbons (Fsp3) is 0.294. The SMILES string of the molecule is C#CCOC(=O)CC(C)(OS(=O)(=O)c1ccccc1)C(=O)OCC#C. The highest BCUT2D eigenvalue weighted by molar-refractivity contribution is 7.86. The van der Waals surface area contributed by atoms with Gasteiger partial charge < -0.3 is 9.47 Å². The van der Waals surface area contributed by atoms with Gasteiger partial charge in [-0.15, -0.1) is 12.8 Å². The van der Waals surface area contributed by atoms with E-state index < -0.39 is 40.7 Å². The Kier molecular flexibility index (Phi) is 7.19. The van der Waals surface area contributed by atoms with E-state index in [1.54, 1.807) is 6.07 Å². The van der Waals surface area contributed by atoms with Crippen molar-refractivity contribution in [1.29, 1.82) is 0 Å². The molecule has 1 aromatic rings. The van der Waals surface area contributed by atoms with Crippen LogP contribution in [0.4, 0.5) is 0 Å². The van der Waals surface area contributed by atoms with Crippen molar-refractivity contribution in [1.82, 2.24) is 0 Å². The molecule has 0 aliphatic carbocycles. The predicted molar refractivity (Wildman–Crippen MR) is 87.3 cm³/mol. The van der Waals surface area contributed by atoms with Crippen LogP contribution in [-0.4, -0.2) is 39.2 Å². The Labute approximate surface area is 146 Å². The monoisotopic (exact) mass is 364 g/mol. The van der Waals surface area contributed by atoms with Crippen molar-refractivity contribution in [3.05, 3.63) is 30.3 Å². The van der Waals surface area contributed by atoms with Crippen molar-refractivity contribution in [2.24, 2.45) is 0 Å². The summed E-state index contributed by atoms with van der Waals surface area (Å²) >= 11 is 0. The molecule has 0 aliphatic rings. The smallest absolute Gasteiger partial charge is 0.341 e. The number of ether oxygens (including phenoxy) is 2. The van der Waals surface area contributed by atoms with E-state index in [0.29, 0.717) is 0 Å². The van der Waals surface area contributed by atoms with Crippen LogP contribution in [0.25, 0.3) is 0 Å². The third-order valence-electron chi connectivity index (χ3n) is 2.84. The first-order valence-corrected chi connectivity index (χ1v) is 8.36. The summed E-state index contributed by atoms with van der Waals surface area (Å²) in [5, 5.41) is 0. The minimum atomic E-state index is -4.35. The average molecular weight is 364 g/mol. The zero-order chi connectivity index (χ0) is 18.9. The summed E-state index contributed by atoms with van der Waals surface area (Å²) < 4.78 is 39.1. The third kappa shape index (κ3) is 5.96. The Hall–Kier alpha value is -2.81. The van der Waals surface area contributed by atoms with Crippen LogP contribution in [0.15, 0.2) is 35.2 Å². The van der Waals surface area contributed by atoms with Crippen molar-refractivity contribution in [2.75, 3.05) is 13.2 Å². The number of hydrogen-bond acceptors (Lipinski definition) is 7. The molecule has 0 aliphatic heterocycles. The minimum Gasteiger partial charge on any atom is -0.452 e. The van der Waals surface area contributed by atoms with Gasteiger partial charge in [-0.1, -0.05) is 30.0 Å². The molecule has 0 saturated heterocycles. The zero-order valence-corrected chi connectivity index (χ0v) is 14.2. The van der Waals surface area contributed by atoms with Crippen molar-refractivity contribution >= 4 is 22.1 Å². The quantitative estimate of drug-likeness (QED) is 0.384. The highest BCUT2D eigenvalue weighted by Gasteiger charge is 2.44. The summed E-state index contributed by atoms with van der Waals surface area (Å²) in [5.74, 6) is 2.09. The molecule has 0 heterocycles. The lowest BCUT2D eigenvalue weighted by atomic mass is 10.0. The molecule has 0 fully saturated rings. The predicted octanol–water partition coefficient (Wildman–Crippen LogP) is 0.894. The molecule has 1 aromatic carbocycles. The standard InChI is InChI=1S/C17H16O7S/c1-4-11-22-15(18)13-17(3,16(19)23-12-5-2)24-25(20,21)14-9-7-6-8-10-14/h1-2,6-10H,11-13H2,3H3. The third-order valence-corrected chi connectivity index (χ3v) is 4.28. The van der Waals surface area contributed by atoms with E-state index in [4.69, 9.17) is 21.8 Å². The highest BCUT2D eigenvalue weighted by Crippen LogP contribution is 2.25. The molecule has 1 atom stereocenters. The molecular formula is C17H16O7S. The molecule has 0 amide bonds. The summed E-state index contributed by atoms with van der Waals surface area (Å²) in [6.07, 6.45) is 9.25. The second kappa shape index (κ2) is 8.88. The molecule has 0 N–H and O–H groups in total. The van der Waals surface area contributed by atoms with Crippen molar-refractivity contribution in [2.45, 2.75) is 23.8 Å². The lowest BCUT2D eigenvalue weighted by Crippen LogP contribution is -2.44. The van der Waals surface area contributed by atoms with E-state index in [0.717, 1.165) is 6.92 Å². The number of carbonyl (C=O) groups excluding carboxylic acids is 2. The first kappa shape index (κ1) is 20.2. The van der Waals surface area contributed by atoms with Gasteiger partial charge in [0.2, 0.25) is 0 Å². The van der Waals surface area contributed by atoms with Gasteiger partial charge in [0, 0.05) is 0 Å². The van der Waals surface area contributed by atoms with Gasteiger partial charge in [-0.05, 0) is 19.1 Å². The number of terminal acetylenes is 2. The van der Waals surface area contributed by atoms with Crippen LogP contribution in [0.3, 0.4) is 0 Å². The van der Waals surface area contributed by atoms with Gasteiger partial charge in [-0.25, -0.2) is 8.98 Å². The van der Waals surface area contributed by atoms with Gasteiger partial charge in [0.25, 0.3) is 10.1 Å². The van der Waals surface area contributed by atoms with E-state index in [9.17, 15) is 18.0 Å². The maximum absolute atomic E-state index is 12.4. The van der Waals surface area contributed by atoms with E-state index in [2.05, 4.69) is 16.6 Å². The molecule has 0 spiro atoms. The van der Waals surface area contributed by atoms with Gasteiger partial charge >= 0.3 is 11.9 Å². The van der Waals surface area contributed by atoms with E-state index in [-0.39, 0.29) is 11.5 Å². The van der Waals surface area contributed by atoms with E-state index in [1.165, 1.54) is 24.3 Å². The summed E-state index contributed by atoms with van der Waals surface area (Å²) in [6, 6.07) is 7.12. The molecule has 1 unspecified atom stereocenters. The summed E-state index contributed by atoms with van der Waals surface area (Å²) in [4.78, 5) is 23.8. The van der Waals surface area contributed by atoms with Crippen LogP contribution in [0.2, 0.25) is 0 Å². The summed E-state index contributed by atoms with van der Waals surface area (Å²) in [5.41, 5.74) is -2.17. The maximum Gasteiger partial charge on any atom is 0.341 e. The second-order valence-electron chi connectivity index (χ2n) is 4.90. The van der Waals surface area contributed by atoms with Gasteiger partial charge in [0.15, 0.2) is 18.8 Å². The molecule has 0 saturated carbocycles. The summed E-state index contributed by atoms with van der Waals surface area (Å²) in [7, 11) is -4.35. The van der Waals surface area contributed by atoms with Crippen LogP contribution in [0.1, 0.15) is 13.3 Å². The first-order chi connectivity index (χ1) is 11.7. The molecule has 0 aromatic heterocycles. The molecule has 7 nitrogen and oxygen atoms in total. The Morgan fingerprint density at radius 3 is 2.20 bits per heavy atom. The van der Waals surface area contributed by atoms with Gasteiger partial charge in [-0.2, -0.15) is 8.42 Å². The Morgan fingerprint density at radius 2 is 1.64 bits per heavy atom. The van der Waals surface area contributed by atoms with Crippen LogP contribution in [0, 0.1) is 24.7 Å². The van der Waals surface area contributed by atoms with E-state index >= 15 is 0 Å². The second-order valence-corrected chi connectivity index (χ2v) is 6.45. The Bertz CT molecular complexity index is 800. The fourth-order valence-electron chi connectivity index (χ4n) is 1.72. The average Bonchev–Trinajstić information content (AvgIpc) is 2.58. The maximum atomic E-state index is 12.4.